The maximum absolute atomic E-state index is 14.1. The second-order valence-electron chi connectivity index (χ2n) is 9.01. The number of ketones is 1. The van der Waals surface area contributed by atoms with Gasteiger partial charge in [-0.25, -0.2) is 4.79 Å². The minimum atomic E-state index is -2.79. The minimum absolute atomic E-state index is 0.0471. The molecule has 0 heterocycles. The molecule has 4 heteroatoms. The maximum atomic E-state index is 14.1. The number of rotatable bonds is 8. The molecule has 3 nitrogen and oxygen atoms in total. The molecule has 33 heavy (non-hydrogen) atoms. The number of ether oxygens (including phenoxy) is 1. The van der Waals surface area contributed by atoms with Crippen LogP contribution in [0.3, 0.4) is 0 Å². The third kappa shape index (κ3) is 4.48. The number of hydrogen-bond donors (Lipinski definition) is 0. The largest absolute Gasteiger partial charge is 0.462 e. The first kappa shape index (κ1) is 23.3. The van der Waals surface area contributed by atoms with Crippen LogP contribution in [0.25, 0.3) is 0 Å². The molecule has 1 saturated carbocycles. The molecular formula is C29H31O3P. The van der Waals surface area contributed by atoms with Gasteiger partial charge in [-0.1, -0.05) is 104 Å². The summed E-state index contributed by atoms with van der Waals surface area (Å²) in [4.78, 5) is 27.8. The monoisotopic (exact) mass is 458 g/mol. The van der Waals surface area contributed by atoms with Crippen molar-refractivity contribution in [2.24, 2.45) is 5.41 Å². The zero-order chi connectivity index (χ0) is 23.3. The van der Waals surface area contributed by atoms with Gasteiger partial charge in [0.05, 0.1) is 6.61 Å². The molecule has 170 valence electrons. The fourth-order valence-corrected chi connectivity index (χ4v) is 9.17. The second kappa shape index (κ2) is 9.93. The summed E-state index contributed by atoms with van der Waals surface area (Å²) in [5.41, 5.74) is -0.0471. The molecule has 3 aromatic carbocycles. The lowest BCUT2D eigenvalue weighted by molar-refractivity contribution is -0.135. The number of esters is 1. The van der Waals surface area contributed by atoms with Crippen LogP contribution in [0.2, 0.25) is 0 Å². The number of benzene rings is 3. The molecule has 0 unspecified atom stereocenters. The highest BCUT2D eigenvalue weighted by molar-refractivity contribution is 7.97. The van der Waals surface area contributed by atoms with Crippen molar-refractivity contribution < 1.29 is 14.3 Å². The zero-order valence-electron chi connectivity index (χ0n) is 19.4. The molecule has 1 fully saturated rings. The highest BCUT2D eigenvalue weighted by atomic mass is 31.2. The Balaban J connectivity index is 2.15. The van der Waals surface area contributed by atoms with E-state index in [1.165, 1.54) is 0 Å². The molecule has 0 atom stereocenters. The summed E-state index contributed by atoms with van der Waals surface area (Å²) in [6.45, 7) is 1.39. The highest BCUT2D eigenvalue weighted by Gasteiger charge is 2.41. The molecule has 1 aliphatic carbocycles. The van der Waals surface area contributed by atoms with Crippen LogP contribution in [0, 0.1) is 5.41 Å². The van der Waals surface area contributed by atoms with Crippen molar-refractivity contribution in [2.45, 2.75) is 39.5 Å². The maximum Gasteiger partial charge on any atom is 0.342 e. The first-order chi connectivity index (χ1) is 16.0. The topological polar surface area (TPSA) is 43.4 Å². The molecule has 0 aliphatic heterocycles. The van der Waals surface area contributed by atoms with E-state index in [4.69, 9.17) is 4.74 Å². The first-order valence-electron chi connectivity index (χ1n) is 11.6. The molecule has 0 amide bonds. The molecule has 4 rings (SSSR count). The predicted octanol–water partition coefficient (Wildman–Crippen LogP) is 4.87. The molecule has 3 aromatic rings. The van der Waals surface area contributed by atoms with Gasteiger partial charge in [-0.05, 0) is 48.0 Å². The Morgan fingerprint density at radius 3 is 1.55 bits per heavy atom. The predicted molar refractivity (Wildman–Crippen MR) is 138 cm³/mol. The molecule has 0 saturated heterocycles. The summed E-state index contributed by atoms with van der Waals surface area (Å²) in [6.07, 6.45) is 3.54. The lowest BCUT2D eigenvalue weighted by Gasteiger charge is -2.39. The number of carbonyl (C=O) groups is 2. The fourth-order valence-electron chi connectivity index (χ4n) is 4.86. The van der Waals surface area contributed by atoms with Crippen molar-refractivity contribution in [2.75, 3.05) is 6.61 Å². The SMILES string of the molecule is CCOC(=O)C(C(=O)CC1(C)CCC1)=P(c1ccccc1)(c1ccccc1)c1ccccc1. The number of Topliss-reactive ketones (excluding diaryl/α,β-unsaturated/α-hetero) is 1. The third-order valence-electron chi connectivity index (χ3n) is 6.65. The summed E-state index contributed by atoms with van der Waals surface area (Å²) >= 11 is 0. The van der Waals surface area contributed by atoms with Crippen molar-refractivity contribution in [3.05, 3.63) is 91.0 Å². The van der Waals surface area contributed by atoms with Gasteiger partial charge in [0.25, 0.3) is 0 Å². The molecule has 0 radical (unpaired) electrons. The summed E-state index contributed by atoms with van der Waals surface area (Å²) in [5.74, 6) is -0.573. The molecule has 0 spiro atoms. The Labute approximate surface area is 196 Å². The van der Waals surface area contributed by atoms with E-state index >= 15 is 0 Å². The lowest BCUT2D eigenvalue weighted by atomic mass is 9.67. The van der Waals surface area contributed by atoms with Crippen molar-refractivity contribution in [3.63, 3.8) is 0 Å². The normalized spacial score (nSPS) is 14.7. The van der Waals surface area contributed by atoms with Crippen LogP contribution in [-0.4, -0.2) is 23.7 Å². The van der Waals surface area contributed by atoms with Gasteiger partial charge in [-0.3, -0.25) is 4.79 Å². The second-order valence-corrected chi connectivity index (χ2v) is 12.3. The van der Waals surface area contributed by atoms with Gasteiger partial charge in [-0.15, -0.1) is 0 Å². The summed E-state index contributed by atoms with van der Waals surface area (Å²) in [6, 6.07) is 30.1. The van der Waals surface area contributed by atoms with Crippen LogP contribution in [0.5, 0.6) is 0 Å². The van der Waals surface area contributed by atoms with Crippen molar-refractivity contribution in [3.8, 4) is 0 Å². The van der Waals surface area contributed by atoms with E-state index in [-0.39, 0.29) is 17.8 Å². The Kier molecular flexibility index (Phi) is 7.00. The van der Waals surface area contributed by atoms with Gasteiger partial charge >= 0.3 is 5.97 Å². The van der Waals surface area contributed by atoms with Crippen molar-refractivity contribution in [1.82, 2.24) is 0 Å². The van der Waals surface area contributed by atoms with E-state index in [9.17, 15) is 9.59 Å². The summed E-state index contributed by atoms with van der Waals surface area (Å²) in [5, 5.41) is 3.26. The van der Waals surface area contributed by atoms with Gasteiger partial charge in [0.1, 0.15) is 5.29 Å². The van der Waals surface area contributed by atoms with E-state index in [1.54, 1.807) is 6.92 Å². The summed E-state index contributed by atoms with van der Waals surface area (Å²) in [7, 11) is 0. The molecule has 1 aliphatic rings. The average molecular weight is 459 g/mol. The minimum Gasteiger partial charge on any atom is -0.462 e. The zero-order valence-corrected chi connectivity index (χ0v) is 20.3. The van der Waals surface area contributed by atoms with E-state index in [0.717, 1.165) is 35.2 Å². The fraction of sp³-hybridized carbons (Fsp3) is 0.276. The van der Waals surface area contributed by atoms with E-state index in [0.29, 0.717) is 11.7 Å². The summed E-state index contributed by atoms with van der Waals surface area (Å²) < 4.78 is 5.59. The Bertz CT molecular complexity index is 1060. The van der Waals surface area contributed by atoms with Crippen LogP contribution < -0.4 is 15.9 Å². The van der Waals surface area contributed by atoms with Gasteiger partial charge in [0.2, 0.25) is 0 Å². The van der Waals surface area contributed by atoms with E-state index in [2.05, 4.69) is 6.92 Å². The third-order valence-corrected chi connectivity index (χ3v) is 11.0. The van der Waals surface area contributed by atoms with Crippen molar-refractivity contribution in [1.29, 1.82) is 0 Å². The number of hydrogen-bond acceptors (Lipinski definition) is 3. The molecule has 0 N–H and O–H groups in total. The van der Waals surface area contributed by atoms with E-state index in [1.807, 2.05) is 91.0 Å². The standard InChI is InChI=1S/C29H31O3P/c1-3-32-28(31)27(26(30)22-29(2)20-13-21-29)33(23-14-7-4-8-15-23,24-16-9-5-10-17-24)25-18-11-6-12-19-25/h4-12,14-19H,3,13,20-22H2,1-2H3. The van der Waals surface area contributed by atoms with Crippen LogP contribution in [-0.2, 0) is 14.3 Å². The first-order valence-corrected chi connectivity index (χ1v) is 13.4. The number of carbonyl (C=O) groups excluding carboxylic acids is 2. The van der Waals surface area contributed by atoms with Crippen LogP contribution in [0.15, 0.2) is 91.0 Å². The smallest absolute Gasteiger partial charge is 0.342 e. The van der Waals surface area contributed by atoms with Gasteiger partial charge in [0, 0.05) is 6.42 Å². The van der Waals surface area contributed by atoms with Crippen LogP contribution in [0.4, 0.5) is 0 Å². The van der Waals surface area contributed by atoms with Crippen LogP contribution in [0.1, 0.15) is 39.5 Å². The Hall–Kier alpha value is -2.90. The molecule has 0 bridgehead atoms. The van der Waals surface area contributed by atoms with Gasteiger partial charge < -0.3 is 4.74 Å². The van der Waals surface area contributed by atoms with Gasteiger partial charge in [-0.2, -0.15) is 0 Å². The highest BCUT2D eigenvalue weighted by Crippen LogP contribution is 2.49. The Morgan fingerprint density at radius 2 is 1.21 bits per heavy atom. The average Bonchev–Trinajstić information content (AvgIpc) is 2.83. The lowest BCUT2D eigenvalue weighted by Crippen LogP contribution is -2.41. The molecular weight excluding hydrogens is 427 g/mol. The molecule has 0 aromatic heterocycles. The quantitative estimate of drug-likeness (QED) is 0.275. The van der Waals surface area contributed by atoms with Crippen molar-refractivity contribution >= 4 is 39.8 Å². The van der Waals surface area contributed by atoms with Gasteiger partial charge in [0.15, 0.2) is 5.78 Å². The Morgan fingerprint density at radius 1 is 0.788 bits per heavy atom. The van der Waals surface area contributed by atoms with Crippen LogP contribution >= 0.6 is 6.89 Å². The van der Waals surface area contributed by atoms with E-state index < -0.39 is 12.9 Å².